The Morgan fingerprint density at radius 3 is 2.27 bits per heavy atom. The van der Waals surface area contributed by atoms with Crippen LogP contribution in [0.5, 0.6) is 0 Å². The maximum absolute atomic E-state index is 12.8. The van der Waals surface area contributed by atoms with Gasteiger partial charge in [0.15, 0.2) is 5.82 Å². The van der Waals surface area contributed by atoms with Gasteiger partial charge in [-0.1, -0.05) is 12.8 Å². The van der Waals surface area contributed by atoms with Gasteiger partial charge >= 0.3 is 0 Å². The van der Waals surface area contributed by atoms with Gasteiger partial charge in [0.2, 0.25) is 5.78 Å². The van der Waals surface area contributed by atoms with Crippen molar-refractivity contribution >= 4 is 28.8 Å². The first-order valence-electron chi connectivity index (χ1n) is 10.9. The normalized spacial score (nSPS) is 13.9. The Kier molecular flexibility index (Phi) is 6.48. The van der Waals surface area contributed by atoms with Crippen LogP contribution >= 0.6 is 0 Å². The fourth-order valence-electron chi connectivity index (χ4n) is 4.01. The van der Waals surface area contributed by atoms with Gasteiger partial charge in [-0.15, -0.1) is 0 Å². The number of nitrogens with one attached hydrogen (secondary N) is 1. The summed E-state index contributed by atoms with van der Waals surface area (Å²) in [6.07, 6.45) is 7.49. The molecule has 1 amide bonds. The van der Waals surface area contributed by atoms with Gasteiger partial charge in [0, 0.05) is 55.4 Å². The van der Waals surface area contributed by atoms with Gasteiger partial charge in [-0.05, 0) is 49.2 Å². The molecule has 4 rings (SSSR count). The second kappa shape index (κ2) is 9.64. The summed E-state index contributed by atoms with van der Waals surface area (Å²) < 4.78 is 1.64. The van der Waals surface area contributed by atoms with Crippen LogP contribution in [0.3, 0.4) is 0 Å². The number of ketones is 1. The van der Waals surface area contributed by atoms with Crippen molar-refractivity contribution in [2.75, 3.05) is 23.3 Å². The molecule has 0 atom stereocenters. The highest BCUT2D eigenvalue weighted by molar-refractivity contribution is 6.08. The molecular formula is C24H25N5O4. The van der Waals surface area contributed by atoms with E-state index >= 15 is 0 Å². The molecule has 1 aliphatic rings. The number of anilines is 2. The number of hydrogen-bond acceptors (Lipinski definition) is 6. The summed E-state index contributed by atoms with van der Waals surface area (Å²) in [4.78, 5) is 42.7. The van der Waals surface area contributed by atoms with Crippen LogP contribution in [0.1, 0.15) is 52.2 Å². The molecule has 2 aromatic carbocycles. The van der Waals surface area contributed by atoms with Crippen LogP contribution in [-0.4, -0.2) is 39.3 Å². The summed E-state index contributed by atoms with van der Waals surface area (Å²) in [5.74, 6) is -0.354. The van der Waals surface area contributed by atoms with Crippen LogP contribution in [-0.2, 0) is 7.05 Å². The monoisotopic (exact) mass is 447 g/mol. The predicted octanol–water partition coefficient (Wildman–Crippen LogP) is 4.19. The molecule has 0 bridgehead atoms. The van der Waals surface area contributed by atoms with Gasteiger partial charge in [-0.25, -0.2) is 4.98 Å². The molecule has 170 valence electrons. The zero-order valence-corrected chi connectivity index (χ0v) is 18.4. The predicted molar refractivity (Wildman–Crippen MR) is 125 cm³/mol. The number of imidazole rings is 1. The fourth-order valence-corrected chi connectivity index (χ4v) is 4.01. The Morgan fingerprint density at radius 1 is 1.00 bits per heavy atom. The third kappa shape index (κ3) is 4.92. The van der Waals surface area contributed by atoms with Crippen molar-refractivity contribution in [3.05, 3.63) is 81.9 Å². The van der Waals surface area contributed by atoms with E-state index in [0.717, 1.165) is 38.8 Å². The van der Waals surface area contributed by atoms with Crippen LogP contribution in [0.25, 0.3) is 0 Å². The first-order chi connectivity index (χ1) is 15.9. The second-order valence-corrected chi connectivity index (χ2v) is 8.08. The van der Waals surface area contributed by atoms with Crippen LogP contribution in [0.2, 0.25) is 0 Å². The lowest BCUT2D eigenvalue weighted by molar-refractivity contribution is -0.384. The topological polar surface area (TPSA) is 110 Å². The molecule has 0 unspecified atom stereocenters. The average molecular weight is 447 g/mol. The number of carbonyl (C=O) groups is 2. The molecule has 3 aromatic rings. The Labute approximate surface area is 191 Å². The van der Waals surface area contributed by atoms with E-state index in [9.17, 15) is 19.7 Å². The minimum atomic E-state index is -0.455. The van der Waals surface area contributed by atoms with Crippen LogP contribution in [0, 0.1) is 10.1 Å². The van der Waals surface area contributed by atoms with Crippen molar-refractivity contribution < 1.29 is 14.5 Å². The van der Waals surface area contributed by atoms with Crippen LogP contribution in [0.4, 0.5) is 17.1 Å². The molecule has 1 fully saturated rings. The third-order valence-electron chi connectivity index (χ3n) is 5.81. The minimum absolute atomic E-state index is 0.0689. The van der Waals surface area contributed by atoms with Crippen LogP contribution < -0.4 is 10.2 Å². The summed E-state index contributed by atoms with van der Waals surface area (Å²) in [5, 5.41) is 14.5. The Bertz CT molecular complexity index is 1180. The fraction of sp³-hybridized carbons (Fsp3) is 0.292. The van der Waals surface area contributed by atoms with Crippen molar-refractivity contribution in [2.24, 2.45) is 7.05 Å². The van der Waals surface area contributed by atoms with E-state index in [2.05, 4.69) is 10.3 Å². The Hall–Kier alpha value is -4.01. The largest absolute Gasteiger partial charge is 0.366 e. The van der Waals surface area contributed by atoms with Crippen molar-refractivity contribution in [3.63, 3.8) is 0 Å². The van der Waals surface area contributed by atoms with E-state index < -0.39 is 10.8 Å². The van der Waals surface area contributed by atoms with Crippen molar-refractivity contribution in [1.82, 2.24) is 9.55 Å². The zero-order valence-electron chi connectivity index (χ0n) is 18.4. The number of aryl methyl sites for hydroxylation is 1. The Balaban J connectivity index is 1.50. The lowest BCUT2D eigenvalue weighted by Crippen LogP contribution is -2.25. The molecule has 0 aliphatic carbocycles. The molecular weight excluding hydrogens is 422 g/mol. The number of carbonyl (C=O) groups excluding carboxylic acids is 2. The highest BCUT2D eigenvalue weighted by Crippen LogP contribution is 2.31. The van der Waals surface area contributed by atoms with E-state index in [1.807, 2.05) is 4.90 Å². The summed E-state index contributed by atoms with van der Waals surface area (Å²) in [5.41, 5.74) is 1.61. The lowest BCUT2D eigenvalue weighted by atomic mass is 10.1. The van der Waals surface area contributed by atoms with Crippen LogP contribution in [0.15, 0.2) is 54.9 Å². The number of rotatable bonds is 6. The number of benzene rings is 2. The standard InChI is InChI=1S/C24H25N5O4/c1-27-15-12-25-23(27)22(30)17-6-9-19(10-7-17)26-24(31)18-8-11-20(21(16-18)29(32)33)28-13-4-2-3-5-14-28/h6-12,15-16H,2-5,13-14H2,1H3,(H,26,31). The van der Waals surface area contributed by atoms with Gasteiger partial charge < -0.3 is 14.8 Å². The van der Waals surface area contributed by atoms with Crippen molar-refractivity contribution in [1.29, 1.82) is 0 Å². The number of nitrogens with zero attached hydrogens (tertiary/aromatic N) is 4. The molecule has 9 heteroatoms. The van der Waals surface area contributed by atoms with Gasteiger partial charge in [-0.2, -0.15) is 0 Å². The molecule has 1 aliphatic heterocycles. The summed E-state index contributed by atoms with van der Waals surface area (Å²) in [6.45, 7) is 1.55. The smallest absolute Gasteiger partial charge is 0.293 e. The van der Waals surface area contributed by atoms with E-state index in [-0.39, 0.29) is 17.0 Å². The zero-order chi connectivity index (χ0) is 23.4. The SMILES string of the molecule is Cn1ccnc1C(=O)c1ccc(NC(=O)c2ccc(N3CCCCCC3)c([N+](=O)[O-])c2)cc1. The highest BCUT2D eigenvalue weighted by Gasteiger charge is 2.23. The first-order valence-corrected chi connectivity index (χ1v) is 10.9. The highest BCUT2D eigenvalue weighted by atomic mass is 16.6. The summed E-state index contributed by atoms with van der Waals surface area (Å²) in [6, 6.07) is 11.1. The number of aromatic nitrogens is 2. The summed E-state index contributed by atoms with van der Waals surface area (Å²) in [7, 11) is 1.74. The maximum Gasteiger partial charge on any atom is 0.293 e. The molecule has 1 N–H and O–H groups in total. The minimum Gasteiger partial charge on any atom is -0.366 e. The van der Waals surface area contributed by atoms with E-state index in [0.29, 0.717) is 22.8 Å². The third-order valence-corrected chi connectivity index (χ3v) is 5.81. The molecule has 1 aromatic heterocycles. The number of nitro benzene ring substituents is 1. The first kappa shape index (κ1) is 22.2. The average Bonchev–Trinajstić information content (AvgIpc) is 3.07. The molecule has 2 heterocycles. The molecule has 0 spiro atoms. The molecule has 1 saturated heterocycles. The van der Waals surface area contributed by atoms with Crippen molar-refractivity contribution in [3.8, 4) is 0 Å². The molecule has 0 radical (unpaired) electrons. The maximum atomic E-state index is 12.8. The van der Waals surface area contributed by atoms with Gasteiger partial charge in [-0.3, -0.25) is 19.7 Å². The van der Waals surface area contributed by atoms with Crippen molar-refractivity contribution in [2.45, 2.75) is 25.7 Å². The molecule has 33 heavy (non-hydrogen) atoms. The lowest BCUT2D eigenvalue weighted by Gasteiger charge is -2.22. The van der Waals surface area contributed by atoms with Gasteiger partial charge in [0.1, 0.15) is 5.69 Å². The van der Waals surface area contributed by atoms with E-state index in [4.69, 9.17) is 0 Å². The number of nitro groups is 1. The van der Waals surface area contributed by atoms with E-state index in [1.54, 1.807) is 60.4 Å². The summed E-state index contributed by atoms with van der Waals surface area (Å²) >= 11 is 0. The Morgan fingerprint density at radius 2 is 1.67 bits per heavy atom. The quantitative estimate of drug-likeness (QED) is 0.345. The van der Waals surface area contributed by atoms with Gasteiger partial charge in [0.05, 0.1) is 4.92 Å². The van der Waals surface area contributed by atoms with Gasteiger partial charge in [0.25, 0.3) is 11.6 Å². The molecule has 9 nitrogen and oxygen atoms in total. The molecule has 0 saturated carbocycles. The second-order valence-electron chi connectivity index (χ2n) is 8.08. The number of hydrogen-bond donors (Lipinski definition) is 1. The van der Waals surface area contributed by atoms with E-state index in [1.165, 1.54) is 6.07 Å². The number of amides is 1.